The number of methoxy groups -OCH3 is 1. The molecule has 0 amide bonds. The number of halogens is 4. The van der Waals surface area contributed by atoms with E-state index in [1.807, 2.05) is 6.07 Å². The topological polar surface area (TPSA) is 12.2 Å². The third-order valence-electron chi connectivity index (χ3n) is 3.81. The minimum atomic E-state index is -6.00. The van der Waals surface area contributed by atoms with E-state index in [4.69, 9.17) is 4.74 Å². The Morgan fingerprint density at radius 1 is 0.964 bits per heavy atom. The predicted molar refractivity (Wildman–Crippen MR) is 109 cm³/mol. The zero-order valence-electron chi connectivity index (χ0n) is 15.7. The Morgan fingerprint density at radius 2 is 1.61 bits per heavy atom. The third-order valence-corrected chi connectivity index (χ3v) is 6.27. The zero-order valence-corrected chi connectivity index (χ0v) is 18.0. The number of benzene rings is 1. The molecule has 8 heteroatoms. The summed E-state index contributed by atoms with van der Waals surface area (Å²) in [6.45, 7) is 0. The van der Waals surface area contributed by atoms with Gasteiger partial charge in [-0.3, -0.25) is 0 Å². The quantitative estimate of drug-likeness (QED) is 0.337. The molecule has 1 aliphatic carbocycles. The number of hydrogen-bond donors (Lipinski definition) is 0. The molecular formula is C20H20BF4NOTe. The van der Waals surface area contributed by atoms with Crippen molar-refractivity contribution in [2.45, 2.75) is 0 Å². The van der Waals surface area contributed by atoms with E-state index in [9.17, 15) is 17.3 Å². The summed E-state index contributed by atoms with van der Waals surface area (Å²) in [4.78, 5) is 0. The van der Waals surface area contributed by atoms with Gasteiger partial charge in [0, 0.05) is 0 Å². The molecule has 1 aromatic rings. The molecule has 3 rings (SSSR count). The second-order valence-electron chi connectivity index (χ2n) is 6.05. The van der Waals surface area contributed by atoms with Gasteiger partial charge in [0.05, 0.1) is 0 Å². The van der Waals surface area contributed by atoms with E-state index >= 15 is 0 Å². The van der Waals surface area contributed by atoms with Crippen LogP contribution in [-0.4, -0.2) is 59.7 Å². The molecule has 0 fully saturated rings. The summed E-state index contributed by atoms with van der Waals surface area (Å²) in [7, 11) is -0.159. The van der Waals surface area contributed by atoms with Crippen molar-refractivity contribution in [2.75, 3.05) is 21.2 Å². The molecule has 0 saturated carbocycles. The van der Waals surface area contributed by atoms with Crippen LogP contribution in [0.2, 0.25) is 0 Å². The Kier molecular flexibility index (Phi) is 7.91. The van der Waals surface area contributed by atoms with Gasteiger partial charge in [-0.15, -0.1) is 0 Å². The zero-order chi connectivity index (χ0) is 20.7. The largest absolute Gasteiger partial charge is 0.673 e. The van der Waals surface area contributed by atoms with Gasteiger partial charge in [0.1, 0.15) is 0 Å². The molecular weight excluding hydrogens is 485 g/mol. The minimum absolute atomic E-state index is 0.239. The molecule has 2 aliphatic rings. The average Bonchev–Trinajstić information content (AvgIpc) is 2.64. The van der Waals surface area contributed by atoms with E-state index in [0.29, 0.717) is 0 Å². The van der Waals surface area contributed by atoms with Crippen LogP contribution in [0.25, 0.3) is 5.57 Å². The Bertz CT molecular complexity index is 883. The van der Waals surface area contributed by atoms with Crippen molar-refractivity contribution < 1.29 is 26.6 Å². The maximum absolute atomic E-state index is 9.75. The number of rotatable bonds is 2. The van der Waals surface area contributed by atoms with Gasteiger partial charge in [-0.05, 0) is 0 Å². The molecule has 1 aromatic carbocycles. The van der Waals surface area contributed by atoms with Crippen molar-refractivity contribution in [2.24, 2.45) is 0 Å². The monoisotopic (exact) mass is 507 g/mol. The van der Waals surface area contributed by atoms with Crippen molar-refractivity contribution in [1.82, 2.24) is 0 Å². The van der Waals surface area contributed by atoms with Crippen LogP contribution < -0.4 is 8.35 Å². The van der Waals surface area contributed by atoms with E-state index in [0.717, 1.165) is 5.75 Å². The molecule has 0 N–H and O–H groups in total. The first-order valence-corrected chi connectivity index (χ1v) is 10.9. The van der Waals surface area contributed by atoms with Gasteiger partial charge in [0.15, 0.2) is 0 Å². The fraction of sp³-hybridized carbons (Fsp3) is 0.150. The summed E-state index contributed by atoms with van der Waals surface area (Å²) in [6, 6.07) is 6.41. The molecule has 1 heterocycles. The van der Waals surface area contributed by atoms with Crippen LogP contribution >= 0.6 is 0 Å². The number of allylic oxidation sites excluding steroid dienone is 9. The standard InChI is InChI=1S/C20H20NOTe.BF4/c1-21(2)17-8-5-15(6-9-17)4-7-16-12-13-23-20-14-18(22-3)10-11-19(16)20;2-1(3,4)5/h4-14H,1-3H3;/q+1;-1/b16-7+;. The van der Waals surface area contributed by atoms with E-state index in [-0.39, 0.29) is 20.9 Å². The normalized spacial score (nSPS) is 16.5. The fourth-order valence-corrected chi connectivity index (χ4v) is 4.90. The summed E-state index contributed by atoms with van der Waals surface area (Å²) in [5.74, 6) is 0.951. The van der Waals surface area contributed by atoms with Crippen molar-refractivity contribution in [1.29, 1.82) is 0 Å². The van der Waals surface area contributed by atoms with Crippen molar-refractivity contribution in [3.8, 4) is 5.75 Å². The Hall–Kier alpha value is -2.04. The first-order chi connectivity index (χ1) is 13.2. The van der Waals surface area contributed by atoms with Gasteiger partial charge in [0.2, 0.25) is 0 Å². The van der Waals surface area contributed by atoms with Gasteiger partial charge in [-0.1, -0.05) is 0 Å². The maximum atomic E-state index is 9.75. The summed E-state index contributed by atoms with van der Waals surface area (Å²) < 4.78 is 50.2. The first-order valence-electron chi connectivity index (χ1n) is 8.39. The number of fused-ring (bicyclic) bond motifs is 1. The van der Waals surface area contributed by atoms with Crippen LogP contribution in [0, 0.1) is 0 Å². The van der Waals surface area contributed by atoms with Crippen molar-refractivity contribution >= 4 is 43.1 Å². The number of ether oxygens (including phenoxy) is 1. The molecule has 1 aliphatic heterocycles. The van der Waals surface area contributed by atoms with Crippen LogP contribution in [0.1, 0.15) is 5.56 Å². The van der Waals surface area contributed by atoms with E-state index < -0.39 is 7.25 Å². The maximum Gasteiger partial charge on any atom is 0.673 e. The molecule has 0 unspecified atom stereocenters. The molecule has 28 heavy (non-hydrogen) atoms. The summed E-state index contributed by atoms with van der Waals surface area (Å²) in [6.07, 6.45) is 15.2. The van der Waals surface area contributed by atoms with E-state index in [1.165, 1.54) is 26.0 Å². The number of nitrogens with zero attached hydrogens (tertiary/aromatic N) is 1. The predicted octanol–water partition coefficient (Wildman–Crippen LogP) is 4.00. The molecule has 0 aromatic heterocycles. The van der Waals surface area contributed by atoms with Gasteiger partial charge in [0.25, 0.3) is 0 Å². The molecule has 2 nitrogen and oxygen atoms in total. The molecule has 0 spiro atoms. The van der Waals surface area contributed by atoms with Crippen LogP contribution in [-0.2, 0) is 0 Å². The Balaban J connectivity index is 0.000000500. The van der Waals surface area contributed by atoms with E-state index in [1.54, 1.807) is 7.11 Å². The molecule has 0 atom stereocenters. The average molecular weight is 505 g/mol. The first kappa shape index (κ1) is 22.3. The van der Waals surface area contributed by atoms with Crippen LogP contribution in [0.3, 0.4) is 0 Å². The second kappa shape index (κ2) is 9.95. The summed E-state index contributed by atoms with van der Waals surface area (Å²) in [5, 5.41) is 0. The molecule has 0 bridgehead atoms. The number of hydrogen-bond acceptors (Lipinski definition) is 1. The fourth-order valence-electron chi connectivity index (χ4n) is 2.45. The summed E-state index contributed by atoms with van der Waals surface area (Å²) in [5.41, 5.74) is 5.05. The smallest absolute Gasteiger partial charge is 0.418 e. The Labute approximate surface area is 172 Å². The second-order valence-corrected chi connectivity index (χ2v) is 8.76. The van der Waals surface area contributed by atoms with Crippen LogP contribution in [0.4, 0.5) is 17.3 Å². The van der Waals surface area contributed by atoms with Gasteiger partial charge in [-0.25, -0.2) is 0 Å². The molecule has 0 radical (unpaired) electrons. The van der Waals surface area contributed by atoms with Gasteiger partial charge in [-0.2, -0.15) is 0 Å². The minimum Gasteiger partial charge on any atom is -0.418 e. The van der Waals surface area contributed by atoms with Gasteiger partial charge < -0.3 is 17.3 Å². The SMILES string of the molecule is COc1ccc2c(c1)[Te]C=C/C2=C\C=C1C=CC(=[N+](C)C)C=C1.F[B-](F)(F)F. The third kappa shape index (κ3) is 7.18. The van der Waals surface area contributed by atoms with E-state index in [2.05, 4.69) is 77.5 Å². The van der Waals surface area contributed by atoms with Crippen molar-refractivity contribution in [3.05, 3.63) is 76.0 Å². The van der Waals surface area contributed by atoms with Gasteiger partial charge >= 0.3 is 155 Å². The van der Waals surface area contributed by atoms with Crippen molar-refractivity contribution in [3.63, 3.8) is 0 Å². The van der Waals surface area contributed by atoms with Crippen LogP contribution in [0.15, 0.2) is 70.4 Å². The Morgan fingerprint density at radius 3 is 2.18 bits per heavy atom. The molecule has 0 saturated heterocycles. The summed E-state index contributed by atoms with van der Waals surface area (Å²) >= 11 is -0.239. The van der Waals surface area contributed by atoms with Crippen LogP contribution in [0.5, 0.6) is 5.75 Å². The molecule has 148 valence electrons.